The van der Waals surface area contributed by atoms with E-state index in [4.69, 9.17) is 5.26 Å². The molecule has 0 aliphatic heterocycles. The topological polar surface area (TPSA) is 86.8 Å². The van der Waals surface area contributed by atoms with Gasteiger partial charge in [-0.1, -0.05) is 12.1 Å². The number of aryl methyl sites for hydroxylation is 1. The lowest BCUT2D eigenvalue weighted by Crippen LogP contribution is -2.27. The largest absolute Gasteiger partial charge is 0.396 e. The van der Waals surface area contributed by atoms with E-state index in [0.717, 1.165) is 28.8 Å². The van der Waals surface area contributed by atoms with Crippen LogP contribution < -0.4 is 5.32 Å². The molecule has 1 fully saturated rings. The Kier molecular flexibility index (Phi) is 5.88. The second kappa shape index (κ2) is 8.74. The first kappa shape index (κ1) is 20.2. The third kappa shape index (κ3) is 4.25. The molecule has 2 aromatic heterocycles. The van der Waals surface area contributed by atoms with Gasteiger partial charge in [-0.25, -0.2) is 4.39 Å². The van der Waals surface area contributed by atoms with Crippen LogP contribution in [0.2, 0.25) is 0 Å². The smallest absolute Gasteiger partial charge is 0.123 e. The van der Waals surface area contributed by atoms with Gasteiger partial charge in [0.2, 0.25) is 0 Å². The van der Waals surface area contributed by atoms with Crippen LogP contribution in [0.5, 0.6) is 0 Å². The molecule has 0 saturated heterocycles. The summed E-state index contributed by atoms with van der Waals surface area (Å²) in [6.07, 6.45) is 6.71. The summed E-state index contributed by atoms with van der Waals surface area (Å²) in [6.45, 7) is 1.88. The van der Waals surface area contributed by atoms with Crippen molar-refractivity contribution < 1.29 is 9.50 Å². The van der Waals surface area contributed by atoms with E-state index in [9.17, 15) is 9.50 Å². The van der Waals surface area contributed by atoms with Crippen molar-refractivity contribution in [1.29, 1.82) is 5.26 Å². The van der Waals surface area contributed by atoms with E-state index in [2.05, 4.69) is 21.5 Å². The van der Waals surface area contributed by atoms with E-state index < -0.39 is 0 Å². The number of hydrogen-bond acceptors (Lipinski definition) is 5. The highest BCUT2D eigenvalue weighted by atomic mass is 19.1. The van der Waals surface area contributed by atoms with E-state index in [-0.39, 0.29) is 23.8 Å². The van der Waals surface area contributed by atoms with Gasteiger partial charge in [0.1, 0.15) is 5.82 Å². The van der Waals surface area contributed by atoms with Crippen LogP contribution in [-0.4, -0.2) is 33.0 Å². The zero-order valence-corrected chi connectivity index (χ0v) is 16.6. The molecule has 2 unspecified atom stereocenters. The Morgan fingerprint density at radius 3 is 2.70 bits per heavy atom. The molecule has 1 aromatic carbocycles. The molecule has 30 heavy (non-hydrogen) atoms. The fraction of sp³-hybridized carbons (Fsp3) is 0.348. The first-order valence-corrected chi connectivity index (χ1v) is 10.1. The maximum absolute atomic E-state index is 13.2. The maximum Gasteiger partial charge on any atom is 0.123 e. The number of aliphatic hydroxyl groups excluding tert-OH is 1. The molecule has 6 nitrogen and oxygen atoms in total. The van der Waals surface area contributed by atoms with E-state index in [1.807, 2.05) is 18.3 Å². The molecule has 7 heteroatoms. The normalized spacial score (nSPS) is 20.1. The van der Waals surface area contributed by atoms with Crippen LogP contribution >= 0.6 is 0 Å². The molecular formula is C23H24FN5O. The summed E-state index contributed by atoms with van der Waals surface area (Å²) in [5.74, 6) is -0.0159. The van der Waals surface area contributed by atoms with Gasteiger partial charge in [0.25, 0.3) is 0 Å². The summed E-state index contributed by atoms with van der Waals surface area (Å²) in [5.41, 5.74) is 3.72. The van der Waals surface area contributed by atoms with Crippen LogP contribution in [0.4, 0.5) is 4.39 Å². The van der Waals surface area contributed by atoms with E-state index >= 15 is 0 Å². The van der Waals surface area contributed by atoms with Crippen molar-refractivity contribution in [2.45, 2.75) is 31.8 Å². The SMILES string of the molecule is N#CCCn1cc(CNCC2(CO)CC2c2ccc(F)cc2)c(-c2ccncc2)n1. The molecule has 2 heterocycles. The van der Waals surface area contributed by atoms with Crippen LogP contribution in [-0.2, 0) is 13.1 Å². The Balaban J connectivity index is 1.45. The van der Waals surface area contributed by atoms with Crippen molar-refractivity contribution in [3.63, 3.8) is 0 Å². The molecule has 1 aliphatic rings. The van der Waals surface area contributed by atoms with E-state index in [0.29, 0.717) is 26.1 Å². The van der Waals surface area contributed by atoms with Gasteiger partial charge in [-0.15, -0.1) is 0 Å². The Bertz CT molecular complexity index is 1030. The third-order valence-corrected chi connectivity index (χ3v) is 5.81. The molecule has 0 spiro atoms. The lowest BCUT2D eigenvalue weighted by molar-refractivity contribution is 0.202. The van der Waals surface area contributed by atoms with Gasteiger partial charge in [0.15, 0.2) is 0 Å². The minimum Gasteiger partial charge on any atom is -0.396 e. The summed E-state index contributed by atoms with van der Waals surface area (Å²) in [7, 11) is 0. The lowest BCUT2D eigenvalue weighted by atomic mass is 9.99. The number of nitriles is 1. The van der Waals surface area contributed by atoms with Gasteiger partial charge in [0.05, 0.1) is 31.3 Å². The van der Waals surface area contributed by atoms with Crippen LogP contribution in [0.15, 0.2) is 55.0 Å². The van der Waals surface area contributed by atoms with Crippen molar-refractivity contribution in [2.24, 2.45) is 5.41 Å². The van der Waals surface area contributed by atoms with E-state index in [1.54, 1.807) is 29.2 Å². The van der Waals surface area contributed by atoms with Gasteiger partial charge in [-0.2, -0.15) is 10.4 Å². The molecular weight excluding hydrogens is 381 g/mol. The molecule has 2 atom stereocenters. The Morgan fingerprint density at radius 1 is 1.23 bits per heavy atom. The number of hydrogen-bond donors (Lipinski definition) is 2. The molecule has 0 bridgehead atoms. The summed E-state index contributed by atoms with van der Waals surface area (Å²) >= 11 is 0. The van der Waals surface area contributed by atoms with Gasteiger partial charge in [-0.05, 0) is 42.2 Å². The number of benzene rings is 1. The highest BCUT2D eigenvalue weighted by Gasteiger charge is 2.53. The van der Waals surface area contributed by atoms with Crippen molar-refractivity contribution in [2.75, 3.05) is 13.2 Å². The molecule has 0 amide bonds. The van der Waals surface area contributed by atoms with Crippen LogP contribution in [0.25, 0.3) is 11.3 Å². The van der Waals surface area contributed by atoms with Crippen molar-refractivity contribution >= 4 is 0 Å². The van der Waals surface area contributed by atoms with Crippen molar-refractivity contribution in [3.8, 4) is 17.3 Å². The van der Waals surface area contributed by atoms with Gasteiger partial charge >= 0.3 is 0 Å². The Labute approximate surface area is 175 Å². The maximum atomic E-state index is 13.2. The lowest BCUT2D eigenvalue weighted by Gasteiger charge is -2.16. The Hall–Kier alpha value is -3.08. The van der Waals surface area contributed by atoms with Crippen LogP contribution in [0, 0.1) is 22.6 Å². The number of nitrogens with zero attached hydrogens (tertiary/aromatic N) is 4. The number of halogens is 1. The second-order valence-electron chi connectivity index (χ2n) is 7.84. The molecule has 1 saturated carbocycles. The van der Waals surface area contributed by atoms with Crippen LogP contribution in [0.1, 0.15) is 29.9 Å². The summed E-state index contributed by atoms with van der Waals surface area (Å²) in [5, 5.41) is 27.0. The monoisotopic (exact) mass is 405 g/mol. The first-order valence-electron chi connectivity index (χ1n) is 10.1. The van der Waals surface area contributed by atoms with Gasteiger partial charge in [-0.3, -0.25) is 9.67 Å². The number of nitrogens with one attached hydrogen (secondary N) is 1. The van der Waals surface area contributed by atoms with E-state index in [1.165, 1.54) is 12.1 Å². The van der Waals surface area contributed by atoms with Crippen LogP contribution in [0.3, 0.4) is 0 Å². The molecule has 2 N–H and O–H groups in total. The van der Waals surface area contributed by atoms with Gasteiger partial charge in [0, 0.05) is 48.2 Å². The quantitative estimate of drug-likeness (QED) is 0.571. The zero-order chi connectivity index (χ0) is 21.0. The number of aromatic nitrogens is 3. The summed E-state index contributed by atoms with van der Waals surface area (Å²) < 4.78 is 15.0. The second-order valence-corrected chi connectivity index (χ2v) is 7.84. The summed E-state index contributed by atoms with van der Waals surface area (Å²) in [4.78, 5) is 4.07. The predicted molar refractivity (Wildman–Crippen MR) is 111 cm³/mol. The zero-order valence-electron chi connectivity index (χ0n) is 16.6. The number of rotatable bonds is 9. The highest BCUT2D eigenvalue weighted by molar-refractivity contribution is 5.61. The molecule has 1 aliphatic carbocycles. The van der Waals surface area contributed by atoms with Gasteiger partial charge < -0.3 is 10.4 Å². The predicted octanol–water partition coefficient (Wildman–Crippen LogP) is 3.25. The minimum absolute atomic E-state index is 0.0840. The average molecular weight is 405 g/mol. The number of aliphatic hydroxyl groups is 1. The average Bonchev–Trinajstić information content (AvgIpc) is 3.36. The molecule has 154 valence electrons. The summed E-state index contributed by atoms with van der Waals surface area (Å²) in [6, 6.07) is 12.5. The number of pyridine rings is 1. The fourth-order valence-corrected chi connectivity index (χ4v) is 4.01. The standard InChI is InChI=1S/C23H24FN5O/c24-20-4-2-17(3-5-20)21-12-23(21,16-30)15-27-13-19-14-29(11-1-8-25)28-22(19)18-6-9-26-10-7-18/h2-7,9-10,14,21,27,30H,1,11-13,15-16H2. The third-order valence-electron chi connectivity index (χ3n) is 5.81. The molecule has 3 aromatic rings. The van der Waals surface area contributed by atoms with Crippen molar-refractivity contribution in [3.05, 3.63) is 71.9 Å². The highest BCUT2D eigenvalue weighted by Crippen LogP contribution is 2.58. The molecule has 4 rings (SSSR count). The van der Waals surface area contributed by atoms with Crippen molar-refractivity contribution in [1.82, 2.24) is 20.1 Å². The molecule has 0 radical (unpaired) electrons. The Morgan fingerprint density at radius 2 is 2.00 bits per heavy atom. The fourth-order valence-electron chi connectivity index (χ4n) is 4.01. The minimum atomic E-state index is -0.246. The first-order chi connectivity index (χ1) is 14.6.